The van der Waals surface area contributed by atoms with Crippen LogP contribution < -0.4 is 5.23 Å². The quantitative estimate of drug-likeness (QED) is 0.544. The first-order chi connectivity index (χ1) is 4.52. The number of rotatable bonds is 2. The average Bonchev–Trinajstić information content (AvgIpc) is 1.58. The van der Waals surface area contributed by atoms with E-state index in [0.717, 1.165) is 0 Å². The van der Waals surface area contributed by atoms with Gasteiger partial charge in [0.05, 0.1) is 0 Å². The average molecular weight is 143 g/mol. The summed E-state index contributed by atoms with van der Waals surface area (Å²) in [7, 11) is -0.532. The van der Waals surface area contributed by atoms with E-state index in [1.54, 1.807) is 6.82 Å². The van der Waals surface area contributed by atoms with Gasteiger partial charge in [-0.1, -0.05) is 0 Å². The molecule has 5 heteroatoms. The van der Waals surface area contributed by atoms with Gasteiger partial charge in [-0.25, -0.2) is 0 Å². The van der Waals surface area contributed by atoms with Crippen molar-refractivity contribution in [3.63, 3.8) is 0 Å². The van der Waals surface area contributed by atoms with Gasteiger partial charge >= 0.3 is 7.05 Å². The highest BCUT2D eigenvalue weighted by Crippen LogP contribution is 1.80. The second-order valence-corrected chi connectivity index (χ2v) is 1.95. The summed E-state index contributed by atoms with van der Waals surface area (Å²) < 4.78 is 4.59. The molecular formula is C5H10BNO3. The van der Waals surface area contributed by atoms with Crippen LogP contribution >= 0.6 is 0 Å². The Morgan fingerprint density at radius 3 is 2.20 bits per heavy atom. The molecule has 0 aliphatic carbocycles. The highest BCUT2D eigenvalue weighted by Gasteiger charge is 2.12. The molecule has 0 heterocycles. The molecule has 0 aliphatic rings. The Balaban J connectivity index is 3.53. The summed E-state index contributed by atoms with van der Waals surface area (Å²) in [5.41, 5.74) is 0. The van der Waals surface area contributed by atoms with Crippen molar-refractivity contribution in [2.45, 2.75) is 20.7 Å². The van der Waals surface area contributed by atoms with Crippen molar-refractivity contribution in [1.29, 1.82) is 0 Å². The van der Waals surface area contributed by atoms with E-state index in [1.807, 2.05) is 0 Å². The zero-order valence-electron chi connectivity index (χ0n) is 6.30. The Morgan fingerprint density at radius 2 is 1.90 bits per heavy atom. The molecule has 1 N–H and O–H groups in total. The van der Waals surface area contributed by atoms with Crippen LogP contribution in [0.4, 0.5) is 0 Å². The fraction of sp³-hybridized carbons (Fsp3) is 0.600. The van der Waals surface area contributed by atoms with Gasteiger partial charge in [-0.15, -0.1) is 0 Å². The van der Waals surface area contributed by atoms with Crippen LogP contribution in [-0.4, -0.2) is 18.9 Å². The Labute approximate surface area is 60.1 Å². The topological polar surface area (TPSA) is 55.4 Å². The zero-order chi connectivity index (χ0) is 8.15. The van der Waals surface area contributed by atoms with E-state index in [2.05, 4.69) is 9.88 Å². The van der Waals surface area contributed by atoms with Crippen molar-refractivity contribution >= 4 is 18.9 Å². The van der Waals surface area contributed by atoms with E-state index in [1.165, 1.54) is 13.8 Å². The number of carbonyl (C=O) groups is 2. The lowest BCUT2D eigenvalue weighted by Crippen LogP contribution is -2.38. The SMILES string of the molecule is CB(NC(C)=O)OC(C)=O. The molecule has 0 radical (unpaired) electrons. The number of carbonyl (C=O) groups excluding carboxylic acids is 2. The molecular weight excluding hydrogens is 133 g/mol. The summed E-state index contributed by atoms with van der Waals surface area (Å²) in [6, 6.07) is 0. The third kappa shape index (κ3) is 5.15. The van der Waals surface area contributed by atoms with Crippen molar-refractivity contribution in [3.05, 3.63) is 0 Å². The first kappa shape index (κ1) is 9.00. The highest BCUT2D eigenvalue weighted by molar-refractivity contribution is 6.52. The lowest BCUT2D eigenvalue weighted by Gasteiger charge is -2.06. The van der Waals surface area contributed by atoms with E-state index >= 15 is 0 Å². The molecule has 4 nitrogen and oxygen atoms in total. The normalized spacial score (nSPS) is 8.30. The monoisotopic (exact) mass is 143 g/mol. The highest BCUT2D eigenvalue weighted by atomic mass is 16.5. The standard InChI is InChI=1S/C5H10BNO3/c1-4(8)7-6(3)10-5(2)9/h1-3H3,(H,7,8). The second kappa shape index (κ2) is 3.92. The summed E-state index contributed by atoms with van der Waals surface area (Å²) in [4.78, 5) is 20.6. The van der Waals surface area contributed by atoms with Gasteiger partial charge in [-0.2, -0.15) is 0 Å². The van der Waals surface area contributed by atoms with Gasteiger partial charge in [-0.3, -0.25) is 9.59 Å². The summed E-state index contributed by atoms with van der Waals surface area (Å²) >= 11 is 0. The maximum Gasteiger partial charge on any atom is 0.480 e. The minimum Gasteiger partial charge on any atom is -0.515 e. The molecule has 0 aliphatic heterocycles. The smallest absolute Gasteiger partial charge is 0.480 e. The Hall–Kier alpha value is -0.995. The third-order valence-electron chi connectivity index (χ3n) is 0.749. The van der Waals surface area contributed by atoms with Gasteiger partial charge in [0.15, 0.2) is 0 Å². The predicted molar refractivity (Wildman–Crippen MR) is 37.2 cm³/mol. The fourth-order valence-electron chi connectivity index (χ4n) is 0.565. The van der Waals surface area contributed by atoms with Crippen LogP contribution in [0.25, 0.3) is 0 Å². The predicted octanol–water partition coefficient (Wildman–Crippen LogP) is -0.196. The van der Waals surface area contributed by atoms with E-state index in [0.29, 0.717) is 0 Å². The lowest BCUT2D eigenvalue weighted by molar-refractivity contribution is -0.132. The van der Waals surface area contributed by atoms with Crippen LogP contribution in [0.5, 0.6) is 0 Å². The van der Waals surface area contributed by atoms with E-state index < -0.39 is 13.0 Å². The molecule has 0 aromatic heterocycles. The van der Waals surface area contributed by atoms with Crippen molar-refractivity contribution in [3.8, 4) is 0 Å². The number of amides is 1. The second-order valence-electron chi connectivity index (χ2n) is 1.95. The first-order valence-corrected chi connectivity index (χ1v) is 2.96. The van der Waals surface area contributed by atoms with Crippen LogP contribution in [-0.2, 0) is 14.2 Å². The molecule has 10 heavy (non-hydrogen) atoms. The molecule has 0 saturated carbocycles. The summed E-state index contributed by atoms with van der Waals surface area (Å²) in [5, 5.41) is 2.39. The Morgan fingerprint density at radius 1 is 1.40 bits per heavy atom. The molecule has 0 spiro atoms. The maximum absolute atomic E-state index is 10.3. The molecule has 0 aromatic carbocycles. The van der Waals surface area contributed by atoms with Gasteiger partial charge in [-0.05, 0) is 6.82 Å². The van der Waals surface area contributed by atoms with Gasteiger partial charge in [0.1, 0.15) is 0 Å². The molecule has 0 bridgehead atoms. The minimum atomic E-state index is -0.532. The van der Waals surface area contributed by atoms with Gasteiger partial charge < -0.3 is 9.88 Å². The van der Waals surface area contributed by atoms with Crippen LogP contribution in [0.15, 0.2) is 0 Å². The minimum absolute atomic E-state index is 0.214. The Kier molecular flexibility index (Phi) is 3.53. The molecule has 0 aromatic rings. The fourth-order valence-corrected chi connectivity index (χ4v) is 0.565. The van der Waals surface area contributed by atoms with Crippen LogP contribution in [0.3, 0.4) is 0 Å². The number of nitrogens with one attached hydrogen (secondary N) is 1. The number of hydrogen-bond acceptors (Lipinski definition) is 3. The molecule has 0 unspecified atom stereocenters. The molecule has 0 fully saturated rings. The molecule has 0 rings (SSSR count). The van der Waals surface area contributed by atoms with Crippen molar-refractivity contribution in [2.24, 2.45) is 0 Å². The summed E-state index contributed by atoms with van der Waals surface area (Å²) in [6.07, 6.45) is 0. The third-order valence-corrected chi connectivity index (χ3v) is 0.749. The molecule has 56 valence electrons. The van der Waals surface area contributed by atoms with Crippen molar-refractivity contribution in [2.75, 3.05) is 0 Å². The van der Waals surface area contributed by atoms with Crippen molar-refractivity contribution < 1.29 is 14.2 Å². The molecule has 1 amide bonds. The van der Waals surface area contributed by atoms with Crippen LogP contribution in [0, 0.1) is 0 Å². The largest absolute Gasteiger partial charge is 0.515 e. The lowest BCUT2D eigenvalue weighted by atomic mass is 9.88. The van der Waals surface area contributed by atoms with Gasteiger partial charge in [0.2, 0.25) is 5.91 Å². The first-order valence-electron chi connectivity index (χ1n) is 2.96. The van der Waals surface area contributed by atoms with Gasteiger partial charge in [0, 0.05) is 13.8 Å². The van der Waals surface area contributed by atoms with Crippen LogP contribution in [0.1, 0.15) is 13.8 Å². The molecule has 0 atom stereocenters. The van der Waals surface area contributed by atoms with E-state index in [4.69, 9.17) is 0 Å². The summed E-state index contributed by atoms with van der Waals surface area (Å²) in [5.74, 6) is -0.616. The van der Waals surface area contributed by atoms with Gasteiger partial charge in [0.25, 0.3) is 5.97 Å². The zero-order valence-corrected chi connectivity index (χ0v) is 6.30. The van der Waals surface area contributed by atoms with E-state index in [-0.39, 0.29) is 5.91 Å². The van der Waals surface area contributed by atoms with Crippen molar-refractivity contribution in [1.82, 2.24) is 5.23 Å². The molecule has 0 saturated heterocycles. The van der Waals surface area contributed by atoms with E-state index in [9.17, 15) is 9.59 Å². The maximum atomic E-state index is 10.3. The summed E-state index contributed by atoms with van der Waals surface area (Å²) in [6.45, 7) is 4.24. The Bertz CT molecular complexity index is 132. The van der Waals surface area contributed by atoms with Crippen LogP contribution in [0.2, 0.25) is 6.82 Å². The number of hydrogen-bond donors (Lipinski definition) is 1.